The third-order valence-electron chi connectivity index (χ3n) is 4.20. The quantitative estimate of drug-likeness (QED) is 0.728. The van der Waals surface area contributed by atoms with Crippen LogP contribution in [0.2, 0.25) is 0 Å². The Kier molecular flexibility index (Phi) is 3.60. The summed E-state index contributed by atoms with van der Waals surface area (Å²) >= 11 is 0. The Bertz CT molecular complexity index is 1000. The molecule has 2 N–H and O–H groups in total. The van der Waals surface area contributed by atoms with Gasteiger partial charge in [-0.2, -0.15) is 10.2 Å². The van der Waals surface area contributed by atoms with E-state index in [0.717, 1.165) is 16.8 Å². The normalized spacial score (nSPS) is 16.9. The second kappa shape index (κ2) is 5.92. The zero-order valence-corrected chi connectivity index (χ0v) is 13.3. The van der Waals surface area contributed by atoms with Crippen molar-refractivity contribution in [2.24, 2.45) is 5.73 Å². The van der Waals surface area contributed by atoms with Crippen LogP contribution in [0.5, 0.6) is 0 Å². The SMILES string of the molecule is C#Cc1nc2cccnn2c1-c1cccc(C2CCON2C(N)=O)c1. The number of rotatable bonds is 2. The van der Waals surface area contributed by atoms with Gasteiger partial charge >= 0.3 is 6.03 Å². The molecule has 2 amide bonds. The topological polar surface area (TPSA) is 85.8 Å². The molecule has 3 heterocycles. The van der Waals surface area contributed by atoms with Gasteiger partial charge in [0.2, 0.25) is 0 Å². The lowest BCUT2D eigenvalue weighted by Gasteiger charge is -2.21. The fraction of sp³-hybridized carbons (Fsp3) is 0.167. The predicted octanol–water partition coefficient (Wildman–Crippen LogP) is 2.13. The van der Waals surface area contributed by atoms with E-state index in [1.54, 1.807) is 10.7 Å². The maximum Gasteiger partial charge on any atom is 0.339 e. The summed E-state index contributed by atoms with van der Waals surface area (Å²) < 4.78 is 1.71. The summed E-state index contributed by atoms with van der Waals surface area (Å²) in [7, 11) is 0. The van der Waals surface area contributed by atoms with E-state index in [0.29, 0.717) is 24.4 Å². The molecule has 1 fully saturated rings. The molecule has 7 heteroatoms. The van der Waals surface area contributed by atoms with Crippen molar-refractivity contribution < 1.29 is 9.63 Å². The number of hydrogen-bond acceptors (Lipinski definition) is 4. The Morgan fingerprint density at radius 1 is 1.36 bits per heavy atom. The molecule has 7 nitrogen and oxygen atoms in total. The third-order valence-corrected chi connectivity index (χ3v) is 4.20. The lowest BCUT2D eigenvalue weighted by atomic mass is 10.00. The average molecular weight is 333 g/mol. The Hall–Kier alpha value is -3.37. The molecule has 25 heavy (non-hydrogen) atoms. The van der Waals surface area contributed by atoms with Gasteiger partial charge in [-0.25, -0.2) is 14.3 Å². The van der Waals surface area contributed by atoms with Gasteiger partial charge < -0.3 is 5.73 Å². The largest absolute Gasteiger partial charge is 0.350 e. The van der Waals surface area contributed by atoms with Gasteiger partial charge in [-0.3, -0.25) is 4.84 Å². The molecule has 0 bridgehead atoms. The fourth-order valence-corrected chi connectivity index (χ4v) is 3.13. The number of aromatic nitrogens is 3. The van der Waals surface area contributed by atoms with Crippen LogP contribution < -0.4 is 5.73 Å². The number of terminal acetylenes is 1. The van der Waals surface area contributed by atoms with Crippen LogP contribution in [0, 0.1) is 12.3 Å². The van der Waals surface area contributed by atoms with E-state index >= 15 is 0 Å². The maximum atomic E-state index is 11.5. The first kappa shape index (κ1) is 15.2. The van der Waals surface area contributed by atoms with Crippen molar-refractivity contribution in [3.8, 4) is 23.6 Å². The number of hydrogen-bond donors (Lipinski definition) is 1. The van der Waals surface area contributed by atoms with E-state index in [1.807, 2.05) is 36.4 Å². The molecule has 0 spiro atoms. The number of nitrogens with zero attached hydrogens (tertiary/aromatic N) is 4. The summed E-state index contributed by atoms with van der Waals surface area (Å²) in [4.78, 5) is 21.3. The van der Waals surface area contributed by atoms with Gasteiger partial charge in [0.05, 0.1) is 12.6 Å². The minimum Gasteiger partial charge on any atom is -0.350 e. The van der Waals surface area contributed by atoms with Gasteiger partial charge in [0, 0.05) is 18.2 Å². The molecule has 1 aliphatic rings. The number of carbonyl (C=O) groups excluding carboxylic acids is 1. The molecule has 3 aromatic rings. The fourth-order valence-electron chi connectivity index (χ4n) is 3.13. The maximum absolute atomic E-state index is 11.5. The minimum absolute atomic E-state index is 0.223. The van der Waals surface area contributed by atoms with Gasteiger partial charge in [-0.05, 0) is 29.7 Å². The van der Waals surface area contributed by atoms with Gasteiger partial charge in [0.25, 0.3) is 0 Å². The Balaban J connectivity index is 1.83. The molecule has 1 unspecified atom stereocenters. The van der Waals surface area contributed by atoms with Crippen LogP contribution >= 0.6 is 0 Å². The number of nitrogens with two attached hydrogens (primary N) is 1. The van der Waals surface area contributed by atoms with E-state index in [2.05, 4.69) is 16.0 Å². The van der Waals surface area contributed by atoms with Crippen LogP contribution in [0.25, 0.3) is 16.9 Å². The van der Waals surface area contributed by atoms with Gasteiger partial charge in [-0.15, -0.1) is 6.42 Å². The number of amides is 2. The average Bonchev–Trinajstić information content (AvgIpc) is 3.26. The lowest BCUT2D eigenvalue weighted by Crippen LogP contribution is -2.34. The standard InChI is InChI=1S/C18H15N5O2/c1-2-14-17(22-16(21-14)7-4-9-20-22)13-6-3-5-12(11-13)15-8-10-25-23(15)18(19)24/h1,3-7,9,11,15H,8,10H2,(H2,19,24). The molecular formula is C18H15N5O2. The van der Waals surface area contributed by atoms with Crippen LogP contribution in [0.15, 0.2) is 42.6 Å². The molecule has 0 aliphatic carbocycles. The van der Waals surface area contributed by atoms with E-state index in [4.69, 9.17) is 17.0 Å². The monoisotopic (exact) mass is 333 g/mol. The molecule has 1 aliphatic heterocycles. The highest BCUT2D eigenvalue weighted by molar-refractivity contribution is 5.73. The van der Waals surface area contributed by atoms with Gasteiger partial charge in [0.1, 0.15) is 11.4 Å². The summed E-state index contributed by atoms with van der Waals surface area (Å²) in [6.07, 6.45) is 7.99. The molecule has 4 rings (SSSR count). The van der Waals surface area contributed by atoms with Crippen molar-refractivity contribution in [3.05, 3.63) is 53.9 Å². The Labute approximate surface area is 144 Å². The number of imidazole rings is 1. The number of benzene rings is 1. The first-order chi connectivity index (χ1) is 12.2. The second-order valence-corrected chi connectivity index (χ2v) is 5.67. The minimum atomic E-state index is -0.603. The molecule has 0 radical (unpaired) electrons. The molecule has 0 saturated carbocycles. The first-order valence-corrected chi connectivity index (χ1v) is 7.81. The first-order valence-electron chi connectivity index (χ1n) is 7.81. The third kappa shape index (κ3) is 2.49. The van der Waals surface area contributed by atoms with Crippen LogP contribution in [0.4, 0.5) is 4.79 Å². The van der Waals surface area contributed by atoms with E-state index in [-0.39, 0.29) is 6.04 Å². The Morgan fingerprint density at radius 2 is 2.24 bits per heavy atom. The van der Waals surface area contributed by atoms with Crippen LogP contribution in [-0.4, -0.2) is 32.3 Å². The smallest absolute Gasteiger partial charge is 0.339 e. The number of urea groups is 1. The molecular weight excluding hydrogens is 318 g/mol. The highest BCUT2D eigenvalue weighted by atomic mass is 16.7. The molecule has 1 atom stereocenters. The lowest BCUT2D eigenvalue weighted by molar-refractivity contribution is -0.0846. The number of primary amides is 1. The van der Waals surface area contributed by atoms with Crippen molar-refractivity contribution in [3.63, 3.8) is 0 Å². The van der Waals surface area contributed by atoms with Crippen molar-refractivity contribution >= 4 is 11.7 Å². The summed E-state index contributed by atoms with van der Waals surface area (Å²) in [5.74, 6) is 2.62. The Morgan fingerprint density at radius 3 is 3.04 bits per heavy atom. The highest BCUT2D eigenvalue weighted by Gasteiger charge is 2.30. The predicted molar refractivity (Wildman–Crippen MR) is 91.1 cm³/mol. The number of carbonyl (C=O) groups is 1. The van der Waals surface area contributed by atoms with Crippen molar-refractivity contribution in [2.45, 2.75) is 12.5 Å². The summed E-state index contributed by atoms with van der Waals surface area (Å²) in [5, 5.41) is 5.56. The number of hydroxylamine groups is 2. The van der Waals surface area contributed by atoms with Crippen LogP contribution in [0.1, 0.15) is 23.7 Å². The zero-order valence-electron chi connectivity index (χ0n) is 13.3. The summed E-state index contributed by atoms with van der Waals surface area (Å²) in [6.45, 7) is 0.449. The second-order valence-electron chi connectivity index (χ2n) is 5.67. The van der Waals surface area contributed by atoms with Crippen molar-refractivity contribution in [1.29, 1.82) is 0 Å². The van der Waals surface area contributed by atoms with E-state index < -0.39 is 6.03 Å². The van der Waals surface area contributed by atoms with E-state index in [1.165, 1.54) is 5.06 Å². The van der Waals surface area contributed by atoms with Gasteiger partial charge in [-0.1, -0.05) is 18.2 Å². The molecule has 1 aromatic carbocycles. The molecule has 1 saturated heterocycles. The van der Waals surface area contributed by atoms with Crippen LogP contribution in [0.3, 0.4) is 0 Å². The summed E-state index contributed by atoms with van der Waals surface area (Å²) in [6, 6.07) is 10.6. The van der Waals surface area contributed by atoms with E-state index in [9.17, 15) is 4.79 Å². The molecule has 124 valence electrons. The number of fused-ring (bicyclic) bond motifs is 1. The summed E-state index contributed by atoms with van der Waals surface area (Å²) in [5.41, 5.74) is 9.12. The van der Waals surface area contributed by atoms with Gasteiger partial charge in [0.15, 0.2) is 5.65 Å². The van der Waals surface area contributed by atoms with Crippen LogP contribution in [-0.2, 0) is 4.84 Å². The van der Waals surface area contributed by atoms with Crippen molar-refractivity contribution in [2.75, 3.05) is 6.61 Å². The van der Waals surface area contributed by atoms with Crippen molar-refractivity contribution in [1.82, 2.24) is 19.7 Å². The highest BCUT2D eigenvalue weighted by Crippen LogP contribution is 2.33. The molecule has 2 aromatic heterocycles. The zero-order chi connectivity index (χ0) is 17.4.